The highest BCUT2D eigenvalue weighted by Crippen LogP contribution is 2.25. The van der Waals surface area contributed by atoms with Crippen molar-refractivity contribution in [3.63, 3.8) is 0 Å². The Morgan fingerprint density at radius 3 is 2.90 bits per heavy atom. The Balaban J connectivity index is 1.78. The summed E-state index contributed by atoms with van der Waals surface area (Å²) < 4.78 is 0. The highest BCUT2D eigenvalue weighted by atomic mass is 16.3. The maximum absolute atomic E-state index is 9.26. The zero-order valence-corrected chi connectivity index (χ0v) is 11.7. The van der Waals surface area contributed by atoms with Crippen LogP contribution >= 0.6 is 0 Å². The van der Waals surface area contributed by atoms with Crippen LogP contribution in [0.15, 0.2) is 18.2 Å². The molecule has 0 radical (unpaired) electrons. The zero-order chi connectivity index (χ0) is 13.9. The third-order valence-electron chi connectivity index (χ3n) is 4.14. The Morgan fingerprint density at radius 1 is 1.35 bits per heavy atom. The Morgan fingerprint density at radius 2 is 2.15 bits per heavy atom. The summed E-state index contributed by atoms with van der Waals surface area (Å²) in [5.41, 5.74) is 8.47. The van der Waals surface area contributed by atoms with Gasteiger partial charge in [0.1, 0.15) is 5.82 Å². The van der Waals surface area contributed by atoms with Gasteiger partial charge in [0.05, 0.1) is 24.2 Å². The van der Waals surface area contributed by atoms with Crippen molar-refractivity contribution in [3.05, 3.63) is 24.0 Å². The molecule has 108 valence electrons. The number of hydrogen-bond donors (Lipinski definition) is 3. The molecule has 0 atom stereocenters. The summed E-state index contributed by atoms with van der Waals surface area (Å²) in [5.74, 6) is 0.950. The quantitative estimate of drug-likeness (QED) is 0.727. The number of aliphatic hydroxyl groups excluding tert-OH is 1. The number of fused-ring (bicyclic) bond motifs is 1. The van der Waals surface area contributed by atoms with Crippen molar-refractivity contribution >= 4 is 16.7 Å². The molecule has 0 bridgehead atoms. The SMILES string of the molecule is Nc1ccc2nc(CN(CCO)C3CCCC3)[nH]c2c1. The van der Waals surface area contributed by atoms with Gasteiger partial charge in [-0.2, -0.15) is 0 Å². The van der Waals surface area contributed by atoms with E-state index in [1.807, 2.05) is 18.2 Å². The Hall–Kier alpha value is -1.59. The lowest BCUT2D eigenvalue weighted by Gasteiger charge is -2.26. The molecule has 1 fully saturated rings. The Labute approximate surface area is 118 Å². The number of hydrogen-bond acceptors (Lipinski definition) is 4. The second-order valence-electron chi connectivity index (χ2n) is 5.59. The molecule has 1 aromatic heterocycles. The highest BCUT2D eigenvalue weighted by molar-refractivity contribution is 5.78. The summed E-state index contributed by atoms with van der Waals surface area (Å²) in [4.78, 5) is 10.3. The molecule has 3 rings (SSSR count). The minimum Gasteiger partial charge on any atom is -0.399 e. The van der Waals surface area contributed by atoms with E-state index in [1.165, 1.54) is 25.7 Å². The Bertz CT molecular complexity index is 574. The number of aromatic amines is 1. The molecule has 0 spiro atoms. The summed E-state index contributed by atoms with van der Waals surface area (Å²) in [6.07, 6.45) is 5.05. The average molecular weight is 274 g/mol. The number of anilines is 1. The van der Waals surface area contributed by atoms with Crippen molar-refractivity contribution in [2.75, 3.05) is 18.9 Å². The molecule has 1 aliphatic carbocycles. The van der Waals surface area contributed by atoms with Crippen molar-refractivity contribution in [1.82, 2.24) is 14.9 Å². The smallest absolute Gasteiger partial charge is 0.121 e. The lowest BCUT2D eigenvalue weighted by Crippen LogP contribution is -2.35. The first-order valence-electron chi connectivity index (χ1n) is 7.35. The molecule has 20 heavy (non-hydrogen) atoms. The lowest BCUT2D eigenvalue weighted by atomic mass is 10.2. The molecule has 4 N–H and O–H groups in total. The van der Waals surface area contributed by atoms with Crippen molar-refractivity contribution in [3.8, 4) is 0 Å². The number of nitrogens with one attached hydrogen (secondary N) is 1. The van der Waals surface area contributed by atoms with E-state index in [9.17, 15) is 5.11 Å². The predicted molar refractivity (Wildman–Crippen MR) is 80.3 cm³/mol. The topological polar surface area (TPSA) is 78.2 Å². The number of H-pyrrole nitrogens is 1. The third-order valence-corrected chi connectivity index (χ3v) is 4.14. The third kappa shape index (κ3) is 2.78. The molecule has 1 aromatic carbocycles. The van der Waals surface area contributed by atoms with E-state index in [0.29, 0.717) is 12.6 Å². The van der Waals surface area contributed by atoms with Crippen molar-refractivity contribution < 1.29 is 5.11 Å². The lowest BCUT2D eigenvalue weighted by molar-refractivity contribution is 0.142. The Kier molecular flexibility index (Phi) is 3.89. The van der Waals surface area contributed by atoms with E-state index < -0.39 is 0 Å². The molecule has 2 aromatic rings. The van der Waals surface area contributed by atoms with Crippen LogP contribution in [0, 0.1) is 0 Å². The first-order chi connectivity index (χ1) is 9.76. The molecule has 0 aliphatic heterocycles. The normalized spacial score (nSPS) is 16.5. The number of nitrogens with zero attached hydrogens (tertiary/aromatic N) is 2. The largest absolute Gasteiger partial charge is 0.399 e. The van der Waals surface area contributed by atoms with Gasteiger partial charge >= 0.3 is 0 Å². The van der Waals surface area contributed by atoms with Crippen molar-refractivity contribution in [2.45, 2.75) is 38.3 Å². The van der Waals surface area contributed by atoms with E-state index >= 15 is 0 Å². The monoisotopic (exact) mass is 274 g/mol. The first kappa shape index (κ1) is 13.4. The zero-order valence-electron chi connectivity index (χ0n) is 11.7. The molecule has 0 amide bonds. The standard InChI is InChI=1S/C15H22N4O/c16-11-5-6-13-14(9-11)18-15(17-13)10-19(7-8-20)12-3-1-2-4-12/h5-6,9,12,20H,1-4,7-8,10,16H2,(H,17,18). The number of nitrogen functional groups attached to an aromatic ring is 1. The minimum atomic E-state index is 0.198. The molecular formula is C15H22N4O. The van der Waals surface area contributed by atoms with Crippen molar-refractivity contribution in [1.29, 1.82) is 0 Å². The summed E-state index contributed by atoms with van der Waals surface area (Å²) >= 11 is 0. The van der Waals surface area contributed by atoms with Gasteiger partial charge in [0.2, 0.25) is 0 Å². The first-order valence-corrected chi connectivity index (χ1v) is 7.35. The summed E-state index contributed by atoms with van der Waals surface area (Å²) in [7, 11) is 0. The van der Waals surface area contributed by atoms with Gasteiger partial charge in [-0.3, -0.25) is 4.90 Å². The van der Waals surface area contributed by atoms with Gasteiger partial charge in [-0.1, -0.05) is 12.8 Å². The maximum atomic E-state index is 9.26. The molecule has 5 heteroatoms. The number of aliphatic hydroxyl groups is 1. The van der Waals surface area contributed by atoms with Gasteiger partial charge in [0, 0.05) is 18.3 Å². The number of nitrogens with two attached hydrogens (primary N) is 1. The number of benzene rings is 1. The van der Waals surface area contributed by atoms with Gasteiger partial charge in [-0.15, -0.1) is 0 Å². The molecule has 5 nitrogen and oxygen atoms in total. The molecule has 0 unspecified atom stereocenters. The van der Waals surface area contributed by atoms with Crippen LogP contribution in [-0.2, 0) is 6.54 Å². The van der Waals surface area contributed by atoms with Gasteiger partial charge in [0.15, 0.2) is 0 Å². The van der Waals surface area contributed by atoms with E-state index in [-0.39, 0.29) is 6.61 Å². The van der Waals surface area contributed by atoms with E-state index in [1.54, 1.807) is 0 Å². The summed E-state index contributed by atoms with van der Waals surface area (Å²) in [6.45, 7) is 1.67. The molecule has 0 saturated heterocycles. The van der Waals surface area contributed by atoms with Crippen LogP contribution in [0.2, 0.25) is 0 Å². The van der Waals surface area contributed by atoms with Gasteiger partial charge < -0.3 is 15.8 Å². The minimum absolute atomic E-state index is 0.198. The van der Waals surface area contributed by atoms with Crippen LogP contribution in [0.1, 0.15) is 31.5 Å². The molecule has 1 saturated carbocycles. The number of aromatic nitrogens is 2. The highest BCUT2D eigenvalue weighted by Gasteiger charge is 2.23. The fourth-order valence-electron chi connectivity index (χ4n) is 3.14. The van der Waals surface area contributed by atoms with Crippen molar-refractivity contribution in [2.24, 2.45) is 0 Å². The summed E-state index contributed by atoms with van der Waals surface area (Å²) in [5, 5.41) is 9.26. The molecule has 1 heterocycles. The van der Waals surface area contributed by atoms with Crippen LogP contribution in [0.3, 0.4) is 0 Å². The fraction of sp³-hybridized carbons (Fsp3) is 0.533. The maximum Gasteiger partial charge on any atom is 0.121 e. The second-order valence-corrected chi connectivity index (χ2v) is 5.59. The molecular weight excluding hydrogens is 252 g/mol. The van der Waals surface area contributed by atoms with Crippen LogP contribution in [0.25, 0.3) is 11.0 Å². The van der Waals surface area contributed by atoms with Crippen LogP contribution in [0.4, 0.5) is 5.69 Å². The van der Waals surface area contributed by atoms with Gasteiger partial charge in [0.25, 0.3) is 0 Å². The van der Waals surface area contributed by atoms with Gasteiger partial charge in [-0.25, -0.2) is 4.98 Å². The van der Waals surface area contributed by atoms with E-state index in [4.69, 9.17) is 5.73 Å². The van der Waals surface area contributed by atoms with Crippen LogP contribution < -0.4 is 5.73 Å². The van der Waals surface area contributed by atoms with Crippen LogP contribution in [0.5, 0.6) is 0 Å². The van der Waals surface area contributed by atoms with Crippen LogP contribution in [-0.4, -0.2) is 39.2 Å². The average Bonchev–Trinajstić information content (AvgIpc) is 3.06. The van der Waals surface area contributed by atoms with E-state index in [0.717, 1.165) is 29.1 Å². The van der Waals surface area contributed by atoms with E-state index in [2.05, 4.69) is 14.9 Å². The summed E-state index contributed by atoms with van der Waals surface area (Å²) in [6, 6.07) is 6.31. The van der Waals surface area contributed by atoms with Gasteiger partial charge in [-0.05, 0) is 31.0 Å². The number of rotatable bonds is 5. The predicted octanol–water partition coefficient (Wildman–Crippen LogP) is 1.88. The number of imidazole rings is 1. The second kappa shape index (κ2) is 5.81. The fourth-order valence-corrected chi connectivity index (χ4v) is 3.14. The molecule has 1 aliphatic rings.